The highest BCUT2D eigenvalue weighted by atomic mass is 15.1. The van der Waals surface area contributed by atoms with Gasteiger partial charge in [0, 0.05) is 37.6 Å². The van der Waals surface area contributed by atoms with Gasteiger partial charge in [0.2, 0.25) is 0 Å². The summed E-state index contributed by atoms with van der Waals surface area (Å²) in [7, 11) is 0. The van der Waals surface area contributed by atoms with Crippen LogP contribution in [0, 0.1) is 0 Å². The summed E-state index contributed by atoms with van der Waals surface area (Å²) >= 11 is 0. The minimum atomic E-state index is 0.860. The van der Waals surface area contributed by atoms with Gasteiger partial charge >= 0.3 is 0 Å². The number of hydrogen-bond acceptors (Lipinski definition) is 2. The van der Waals surface area contributed by atoms with Gasteiger partial charge in [-0.15, -0.1) is 0 Å². The summed E-state index contributed by atoms with van der Waals surface area (Å²) in [5, 5.41) is 0. The molecule has 0 amide bonds. The van der Waals surface area contributed by atoms with Crippen molar-refractivity contribution in [2.24, 2.45) is 0 Å². The Morgan fingerprint density at radius 1 is 0.250 bits per heavy atom. The smallest absolute Gasteiger partial charge is 0.0433 e. The van der Waals surface area contributed by atoms with E-state index in [1.54, 1.807) is 0 Å². The van der Waals surface area contributed by atoms with Crippen molar-refractivity contribution in [3.05, 3.63) is 239 Å². The third kappa shape index (κ3) is 9.87. The first-order chi connectivity index (χ1) is 25.7. The van der Waals surface area contributed by atoms with E-state index < -0.39 is 0 Å². The zero-order valence-corrected chi connectivity index (χ0v) is 29.5. The molecule has 0 aromatic heterocycles. The van der Waals surface area contributed by atoms with Gasteiger partial charge in [-0.25, -0.2) is 0 Å². The van der Waals surface area contributed by atoms with Gasteiger partial charge in [-0.05, 0) is 68.8 Å². The summed E-state index contributed by atoms with van der Waals surface area (Å²) < 4.78 is 0. The van der Waals surface area contributed by atoms with E-state index >= 15 is 0 Å². The fourth-order valence-corrected chi connectivity index (χ4v) is 6.39. The SMILES string of the molecule is C(=Cc1ccc(N(Cc2ccccc2)Cc2ccccc2)cc1)c1ccc(C=Cc2ccc(N(Cc3ccccc3)Cc3ccccc3)cc2)cc1. The molecule has 7 rings (SSSR count). The third-order valence-corrected chi connectivity index (χ3v) is 9.25. The van der Waals surface area contributed by atoms with Crippen molar-refractivity contribution in [1.29, 1.82) is 0 Å². The zero-order chi connectivity index (χ0) is 35.2. The van der Waals surface area contributed by atoms with Crippen LogP contribution in [0.4, 0.5) is 11.4 Å². The van der Waals surface area contributed by atoms with E-state index in [2.05, 4.69) is 228 Å². The molecule has 0 atom stereocenters. The lowest BCUT2D eigenvalue weighted by Crippen LogP contribution is -2.22. The van der Waals surface area contributed by atoms with Gasteiger partial charge in [-0.1, -0.05) is 194 Å². The Morgan fingerprint density at radius 3 is 0.692 bits per heavy atom. The van der Waals surface area contributed by atoms with E-state index in [0.717, 1.165) is 26.2 Å². The van der Waals surface area contributed by atoms with Crippen LogP contribution in [0.2, 0.25) is 0 Å². The lowest BCUT2D eigenvalue weighted by Gasteiger charge is -2.25. The first kappa shape index (κ1) is 34.1. The highest BCUT2D eigenvalue weighted by Gasteiger charge is 2.10. The minimum absolute atomic E-state index is 0.860. The predicted octanol–water partition coefficient (Wildman–Crippen LogP) is 12.4. The summed E-state index contributed by atoms with van der Waals surface area (Å²) in [5.41, 5.74) is 12.4. The third-order valence-electron chi connectivity index (χ3n) is 9.25. The summed E-state index contributed by atoms with van der Waals surface area (Å²) in [4.78, 5) is 4.87. The van der Waals surface area contributed by atoms with Crippen LogP contribution < -0.4 is 9.80 Å². The lowest BCUT2D eigenvalue weighted by molar-refractivity contribution is 0.800. The van der Waals surface area contributed by atoms with E-state index in [-0.39, 0.29) is 0 Å². The average Bonchev–Trinajstić information content (AvgIpc) is 3.21. The first-order valence-corrected chi connectivity index (χ1v) is 18.1. The maximum absolute atomic E-state index is 2.44. The Balaban J connectivity index is 0.973. The number of hydrogen-bond donors (Lipinski definition) is 0. The van der Waals surface area contributed by atoms with Gasteiger partial charge in [0.1, 0.15) is 0 Å². The van der Waals surface area contributed by atoms with Crippen molar-refractivity contribution >= 4 is 35.7 Å². The second kappa shape index (κ2) is 17.5. The van der Waals surface area contributed by atoms with E-state index in [9.17, 15) is 0 Å². The van der Waals surface area contributed by atoms with Gasteiger partial charge in [0.05, 0.1) is 0 Å². The topological polar surface area (TPSA) is 6.48 Å². The van der Waals surface area contributed by atoms with Gasteiger partial charge < -0.3 is 9.80 Å². The van der Waals surface area contributed by atoms with Gasteiger partial charge in [0.25, 0.3) is 0 Å². The van der Waals surface area contributed by atoms with Crippen molar-refractivity contribution in [3.63, 3.8) is 0 Å². The maximum atomic E-state index is 2.44. The molecule has 0 radical (unpaired) electrons. The molecule has 0 heterocycles. The van der Waals surface area contributed by atoms with E-state index in [4.69, 9.17) is 0 Å². The Morgan fingerprint density at radius 2 is 0.462 bits per heavy atom. The monoisotopic (exact) mass is 672 g/mol. The molecule has 0 aliphatic rings. The summed E-state index contributed by atoms with van der Waals surface area (Å²) in [6, 6.07) is 69.2. The van der Waals surface area contributed by atoms with Crippen LogP contribution in [0.25, 0.3) is 24.3 Å². The molecule has 0 N–H and O–H groups in total. The highest BCUT2D eigenvalue weighted by molar-refractivity contribution is 5.74. The molecular weight excluding hydrogens is 629 g/mol. The molecule has 7 aromatic carbocycles. The molecule has 2 nitrogen and oxygen atoms in total. The maximum Gasteiger partial charge on any atom is 0.0433 e. The Hall–Kier alpha value is -6.38. The van der Waals surface area contributed by atoms with Crippen LogP contribution in [0.1, 0.15) is 44.5 Å². The van der Waals surface area contributed by atoms with Crippen molar-refractivity contribution in [1.82, 2.24) is 0 Å². The Bertz CT molecular complexity index is 1890. The molecule has 254 valence electrons. The minimum Gasteiger partial charge on any atom is -0.363 e. The average molecular weight is 673 g/mol. The molecule has 0 saturated heterocycles. The fourth-order valence-electron chi connectivity index (χ4n) is 6.39. The number of nitrogens with zero attached hydrogens (tertiary/aromatic N) is 2. The van der Waals surface area contributed by atoms with Crippen LogP contribution in [-0.2, 0) is 26.2 Å². The van der Waals surface area contributed by atoms with Crippen molar-refractivity contribution in [3.8, 4) is 0 Å². The normalized spacial score (nSPS) is 11.2. The summed E-state index contributed by atoms with van der Waals surface area (Å²) in [5.74, 6) is 0. The van der Waals surface area contributed by atoms with E-state index in [1.807, 2.05) is 0 Å². The first-order valence-electron chi connectivity index (χ1n) is 18.1. The van der Waals surface area contributed by atoms with E-state index in [0.29, 0.717) is 0 Å². The van der Waals surface area contributed by atoms with Crippen LogP contribution in [0.3, 0.4) is 0 Å². The number of benzene rings is 7. The number of rotatable bonds is 14. The van der Waals surface area contributed by atoms with E-state index in [1.165, 1.54) is 55.9 Å². The quantitative estimate of drug-likeness (QED) is 0.106. The summed E-state index contributed by atoms with van der Waals surface area (Å²) in [6.45, 7) is 3.44. The van der Waals surface area contributed by atoms with Crippen molar-refractivity contribution in [2.45, 2.75) is 26.2 Å². The van der Waals surface area contributed by atoms with Gasteiger partial charge in [-0.2, -0.15) is 0 Å². The molecule has 0 aliphatic heterocycles. The Labute approximate surface area is 309 Å². The van der Waals surface area contributed by atoms with Gasteiger partial charge in [-0.3, -0.25) is 0 Å². The summed E-state index contributed by atoms with van der Waals surface area (Å²) in [6.07, 6.45) is 8.74. The second-order valence-electron chi connectivity index (χ2n) is 13.2. The van der Waals surface area contributed by atoms with Crippen LogP contribution in [-0.4, -0.2) is 0 Å². The lowest BCUT2D eigenvalue weighted by atomic mass is 10.1. The van der Waals surface area contributed by atoms with Crippen LogP contribution in [0.5, 0.6) is 0 Å². The molecule has 0 aliphatic carbocycles. The van der Waals surface area contributed by atoms with Crippen molar-refractivity contribution in [2.75, 3.05) is 9.80 Å². The van der Waals surface area contributed by atoms with Crippen molar-refractivity contribution < 1.29 is 0 Å². The molecule has 52 heavy (non-hydrogen) atoms. The molecule has 0 fully saturated rings. The second-order valence-corrected chi connectivity index (χ2v) is 13.2. The van der Waals surface area contributed by atoms with Crippen LogP contribution >= 0.6 is 0 Å². The predicted molar refractivity (Wildman–Crippen MR) is 223 cm³/mol. The van der Waals surface area contributed by atoms with Crippen LogP contribution in [0.15, 0.2) is 194 Å². The molecular formula is C50H44N2. The fraction of sp³-hybridized carbons (Fsp3) is 0.0800. The highest BCUT2D eigenvalue weighted by Crippen LogP contribution is 2.24. The number of anilines is 2. The zero-order valence-electron chi connectivity index (χ0n) is 29.5. The molecule has 0 saturated carbocycles. The molecule has 7 aromatic rings. The molecule has 0 spiro atoms. The standard InChI is InChI=1S/C50H44N2/c1-5-13-45(14-6-1)37-51(38-46-15-7-2-8-16-46)49-33-29-43(30-34-49)27-25-41-21-23-42(24-22-41)26-28-44-31-35-50(36-32-44)52(39-47-17-9-3-10-18-47)40-48-19-11-4-12-20-48/h1-36H,37-40H2. The Kier molecular flexibility index (Phi) is 11.5. The molecule has 0 bridgehead atoms. The molecule has 0 unspecified atom stereocenters. The molecule has 2 heteroatoms. The largest absolute Gasteiger partial charge is 0.363 e. The van der Waals surface area contributed by atoms with Gasteiger partial charge in [0.15, 0.2) is 0 Å².